The fraction of sp³-hybridized carbons (Fsp3) is 0.533. The molecule has 4 heteroatoms. The van der Waals surface area contributed by atoms with Crippen LogP contribution in [0.25, 0.3) is 0 Å². The predicted octanol–water partition coefficient (Wildman–Crippen LogP) is 2.68. The van der Waals surface area contributed by atoms with Crippen molar-refractivity contribution < 1.29 is 19.7 Å². The number of esters is 1. The quantitative estimate of drug-likeness (QED) is 0.804. The number of aromatic hydroxyl groups is 1. The van der Waals surface area contributed by atoms with Gasteiger partial charge in [-0.05, 0) is 24.8 Å². The minimum atomic E-state index is -1.80. The molecule has 106 valence electrons. The maximum atomic E-state index is 11.9. The molecule has 4 nitrogen and oxygen atoms in total. The number of hydrogen-bond acceptors (Lipinski definition) is 4. The highest BCUT2D eigenvalue weighted by Gasteiger charge is 2.40. The van der Waals surface area contributed by atoms with E-state index in [4.69, 9.17) is 4.74 Å². The summed E-state index contributed by atoms with van der Waals surface area (Å²) in [4.78, 5) is 11.9. The van der Waals surface area contributed by atoms with Crippen LogP contribution in [0.1, 0.15) is 51.2 Å². The first kappa shape index (κ1) is 15.5. The van der Waals surface area contributed by atoms with E-state index >= 15 is 0 Å². The van der Waals surface area contributed by atoms with Gasteiger partial charge in [-0.3, -0.25) is 0 Å². The topological polar surface area (TPSA) is 66.8 Å². The van der Waals surface area contributed by atoms with Crippen LogP contribution in [0.2, 0.25) is 0 Å². The van der Waals surface area contributed by atoms with E-state index in [2.05, 4.69) is 0 Å². The zero-order chi connectivity index (χ0) is 14.6. The average Bonchev–Trinajstić information content (AvgIpc) is 2.38. The Morgan fingerprint density at radius 2 is 2.00 bits per heavy atom. The monoisotopic (exact) mass is 266 g/mol. The van der Waals surface area contributed by atoms with Crippen molar-refractivity contribution in [2.24, 2.45) is 0 Å². The molecule has 0 aliphatic rings. The summed E-state index contributed by atoms with van der Waals surface area (Å²) in [6, 6.07) is 5.07. The Morgan fingerprint density at radius 1 is 1.37 bits per heavy atom. The summed E-state index contributed by atoms with van der Waals surface area (Å²) in [6.45, 7) is 7.42. The van der Waals surface area contributed by atoms with Crippen LogP contribution in [-0.2, 0) is 15.1 Å². The van der Waals surface area contributed by atoms with Gasteiger partial charge in [0.05, 0.1) is 6.61 Å². The Morgan fingerprint density at radius 3 is 2.47 bits per heavy atom. The maximum absolute atomic E-state index is 11.9. The van der Waals surface area contributed by atoms with Crippen molar-refractivity contribution >= 4 is 5.97 Å². The third kappa shape index (κ3) is 2.89. The molecule has 0 aromatic heterocycles. The van der Waals surface area contributed by atoms with Crippen LogP contribution in [0.3, 0.4) is 0 Å². The number of ether oxygens (including phenoxy) is 1. The van der Waals surface area contributed by atoms with E-state index in [9.17, 15) is 15.0 Å². The molecule has 1 rings (SSSR count). The lowest BCUT2D eigenvalue weighted by Gasteiger charge is -2.26. The van der Waals surface area contributed by atoms with Crippen molar-refractivity contribution in [1.29, 1.82) is 0 Å². The SMILES string of the molecule is CCOC(=O)C(O)(CC)c1cccc(C(C)C)c1O. The predicted molar refractivity (Wildman–Crippen MR) is 73.0 cm³/mol. The molecule has 1 aromatic carbocycles. The molecule has 0 bridgehead atoms. The van der Waals surface area contributed by atoms with Gasteiger partial charge >= 0.3 is 5.97 Å². The van der Waals surface area contributed by atoms with Crippen LogP contribution in [0, 0.1) is 0 Å². The van der Waals surface area contributed by atoms with Crippen LogP contribution < -0.4 is 0 Å². The Hall–Kier alpha value is -1.55. The van der Waals surface area contributed by atoms with Crippen molar-refractivity contribution in [2.75, 3.05) is 6.61 Å². The van der Waals surface area contributed by atoms with Crippen LogP contribution in [0.15, 0.2) is 18.2 Å². The van der Waals surface area contributed by atoms with Gasteiger partial charge in [0.25, 0.3) is 0 Å². The molecule has 0 saturated carbocycles. The number of carbonyl (C=O) groups excluding carboxylic acids is 1. The summed E-state index contributed by atoms with van der Waals surface area (Å²) in [5.41, 5.74) is -0.890. The van der Waals surface area contributed by atoms with Gasteiger partial charge < -0.3 is 14.9 Å². The highest BCUT2D eigenvalue weighted by molar-refractivity contribution is 5.82. The molecule has 0 spiro atoms. The molecule has 0 radical (unpaired) electrons. The number of carbonyl (C=O) groups is 1. The first-order valence-electron chi connectivity index (χ1n) is 6.60. The second-order valence-corrected chi connectivity index (χ2v) is 4.83. The van der Waals surface area contributed by atoms with E-state index in [1.807, 2.05) is 13.8 Å². The summed E-state index contributed by atoms with van der Waals surface area (Å²) in [6.07, 6.45) is 0.140. The van der Waals surface area contributed by atoms with E-state index in [-0.39, 0.29) is 30.3 Å². The summed E-state index contributed by atoms with van der Waals surface area (Å²) >= 11 is 0. The first-order valence-corrected chi connectivity index (χ1v) is 6.60. The van der Waals surface area contributed by atoms with E-state index in [1.54, 1.807) is 32.0 Å². The second-order valence-electron chi connectivity index (χ2n) is 4.83. The normalized spacial score (nSPS) is 14.2. The number of phenolic OH excluding ortho intramolecular Hbond substituents is 1. The summed E-state index contributed by atoms with van der Waals surface area (Å²) in [5, 5.41) is 20.8. The molecule has 2 N–H and O–H groups in total. The van der Waals surface area contributed by atoms with Gasteiger partial charge in [-0.25, -0.2) is 4.79 Å². The van der Waals surface area contributed by atoms with Crippen LogP contribution in [0.5, 0.6) is 5.75 Å². The number of aliphatic hydroxyl groups is 1. The van der Waals surface area contributed by atoms with Gasteiger partial charge in [-0.2, -0.15) is 0 Å². The Bertz CT molecular complexity index is 453. The van der Waals surface area contributed by atoms with Crippen LogP contribution >= 0.6 is 0 Å². The average molecular weight is 266 g/mol. The van der Waals surface area contributed by atoms with E-state index < -0.39 is 11.6 Å². The minimum absolute atomic E-state index is 0.0325. The fourth-order valence-electron chi connectivity index (χ4n) is 2.06. The number of hydrogen-bond donors (Lipinski definition) is 2. The lowest BCUT2D eigenvalue weighted by molar-refractivity contribution is -0.166. The van der Waals surface area contributed by atoms with Crippen LogP contribution in [-0.4, -0.2) is 22.8 Å². The standard InChI is InChI=1S/C15H22O4/c1-5-15(18,14(17)19-6-2)12-9-7-8-11(10(3)4)13(12)16/h7-10,16,18H,5-6H2,1-4H3. The minimum Gasteiger partial charge on any atom is -0.507 e. The molecular formula is C15H22O4. The molecule has 0 saturated heterocycles. The number of rotatable bonds is 5. The Labute approximate surface area is 114 Å². The summed E-state index contributed by atoms with van der Waals surface area (Å²) in [7, 11) is 0. The van der Waals surface area contributed by atoms with Gasteiger partial charge in [-0.15, -0.1) is 0 Å². The number of para-hydroxylation sites is 1. The van der Waals surface area contributed by atoms with Gasteiger partial charge in [-0.1, -0.05) is 39.0 Å². The third-order valence-corrected chi connectivity index (χ3v) is 3.26. The molecule has 19 heavy (non-hydrogen) atoms. The van der Waals surface area contributed by atoms with Crippen molar-refractivity contribution in [3.8, 4) is 5.75 Å². The van der Waals surface area contributed by atoms with Gasteiger partial charge in [0.2, 0.25) is 0 Å². The third-order valence-electron chi connectivity index (χ3n) is 3.26. The molecule has 1 unspecified atom stereocenters. The Kier molecular flexibility index (Phi) is 4.95. The van der Waals surface area contributed by atoms with Gasteiger partial charge in [0, 0.05) is 5.56 Å². The van der Waals surface area contributed by atoms with Gasteiger partial charge in [0.1, 0.15) is 5.75 Å². The smallest absolute Gasteiger partial charge is 0.342 e. The second kappa shape index (κ2) is 6.06. The fourth-order valence-corrected chi connectivity index (χ4v) is 2.06. The molecule has 0 aliphatic heterocycles. The van der Waals surface area contributed by atoms with Crippen molar-refractivity contribution in [2.45, 2.75) is 45.6 Å². The maximum Gasteiger partial charge on any atom is 0.342 e. The molecule has 1 atom stereocenters. The first-order chi connectivity index (χ1) is 8.88. The van der Waals surface area contributed by atoms with Gasteiger partial charge in [0.15, 0.2) is 5.60 Å². The lowest BCUT2D eigenvalue weighted by atomic mass is 9.87. The molecule has 0 amide bonds. The summed E-state index contributed by atoms with van der Waals surface area (Å²) < 4.78 is 4.91. The zero-order valence-corrected chi connectivity index (χ0v) is 11.9. The molecule has 1 aromatic rings. The highest BCUT2D eigenvalue weighted by Crippen LogP contribution is 2.37. The van der Waals surface area contributed by atoms with Crippen molar-refractivity contribution in [3.63, 3.8) is 0 Å². The van der Waals surface area contributed by atoms with E-state index in [0.717, 1.165) is 0 Å². The zero-order valence-electron chi connectivity index (χ0n) is 11.9. The molecule has 0 heterocycles. The molecule has 0 aliphatic carbocycles. The van der Waals surface area contributed by atoms with Crippen molar-refractivity contribution in [3.05, 3.63) is 29.3 Å². The number of benzene rings is 1. The largest absolute Gasteiger partial charge is 0.507 e. The van der Waals surface area contributed by atoms with Crippen molar-refractivity contribution in [1.82, 2.24) is 0 Å². The molecular weight excluding hydrogens is 244 g/mol. The van der Waals surface area contributed by atoms with E-state index in [0.29, 0.717) is 5.56 Å². The highest BCUT2D eigenvalue weighted by atomic mass is 16.5. The number of phenols is 1. The lowest BCUT2D eigenvalue weighted by Crippen LogP contribution is -2.37. The summed E-state index contributed by atoms with van der Waals surface area (Å²) in [5.74, 6) is -0.660. The Balaban J connectivity index is 3.33. The molecule has 0 fully saturated rings. The van der Waals surface area contributed by atoms with Crippen LogP contribution in [0.4, 0.5) is 0 Å². The van der Waals surface area contributed by atoms with E-state index in [1.165, 1.54) is 0 Å².